The Bertz CT molecular complexity index is 1480. The summed E-state index contributed by atoms with van der Waals surface area (Å²) < 4.78 is 6.57. The Morgan fingerprint density at radius 3 is 2.32 bits per heavy atom. The standard InChI is InChI=1S/C26H20Cl2N2O4/c1-15-7-9-16(10-8-15)23-18-5-3-4-6-19(18)25(32)30(2)24(23)26(33)34-14-22(31)29-21-12-11-17(27)13-20(21)28/h3-13H,14H2,1-2H3,(H,29,31). The van der Waals surface area contributed by atoms with Crippen molar-refractivity contribution in [1.29, 1.82) is 0 Å². The fourth-order valence-electron chi connectivity index (χ4n) is 3.69. The van der Waals surface area contributed by atoms with Crippen LogP contribution in [0.25, 0.3) is 21.9 Å². The van der Waals surface area contributed by atoms with E-state index >= 15 is 0 Å². The summed E-state index contributed by atoms with van der Waals surface area (Å²) in [6, 6.07) is 19.3. The van der Waals surface area contributed by atoms with Gasteiger partial charge in [0.2, 0.25) is 0 Å². The largest absolute Gasteiger partial charge is 0.451 e. The van der Waals surface area contributed by atoms with Crippen molar-refractivity contribution in [3.05, 3.63) is 98.4 Å². The monoisotopic (exact) mass is 494 g/mol. The lowest BCUT2D eigenvalue weighted by Gasteiger charge is -2.17. The molecule has 1 aromatic heterocycles. The number of rotatable bonds is 5. The van der Waals surface area contributed by atoms with Gasteiger partial charge in [0.05, 0.1) is 10.7 Å². The van der Waals surface area contributed by atoms with Gasteiger partial charge in [0.15, 0.2) is 6.61 Å². The second kappa shape index (κ2) is 9.71. The molecule has 0 aliphatic heterocycles. The third-order valence-corrected chi connectivity index (χ3v) is 5.92. The summed E-state index contributed by atoms with van der Waals surface area (Å²) in [5, 5.41) is 4.36. The number of aryl methyl sites for hydroxylation is 1. The number of hydrogen-bond donors (Lipinski definition) is 1. The van der Waals surface area contributed by atoms with Crippen molar-refractivity contribution in [3.63, 3.8) is 0 Å². The van der Waals surface area contributed by atoms with E-state index in [0.29, 0.717) is 27.0 Å². The zero-order chi connectivity index (χ0) is 24.4. The number of ether oxygens (including phenoxy) is 1. The molecule has 1 heterocycles. The maximum absolute atomic E-state index is 13.2. The van der Waals surface area contributed by atoms with Crippen LogP contribution in [0.2, 0.25) is 10.0 Å². The molecule has 0 aliphatic carbocycles. The number of carbonyl (C=O) groups excluding carboxylic acids is 2. The highest BCUT2D eigenvalue weighted by Crippen LogP contribution is 2.31. The number of hydrogen-bond acceptors (Lipinski definition) is 4. The Balaban J connectivity index is 1.69. The molecule has 3 aromatic carbocycles. The molecule has 0 bridgehead atoms. The average Bonchev–Trinajstić information content (AvgIpc) is 2.82. The van der Waals surface area contributed by atoms with Crippen molar-refractivity contribution >= 4 is 51.5 Å². The van der Waals surface area contributed by atoms with Gasteiger partial charge in [0, 0.05) is 23.0 Å². The molecule has 0 spiro atoms. The molecule has 0 saturated heterocycles. The maximum Gasteiger partial charge on any atom is 0.356 e. The molecular weight excluding hydrogens is 475 g/mol. The molecule has 1 N–H and O–H groups in total. The van der Waals surface area contributed by atoms with E-state index in [1.54, 1.807) is 36.4 Å². The van der Waals surface area contributed by atoms with Crippen molar-refractivity contribution in [2.24, 2.45) is 7.05 Å². The summed E-state index contributed by atoms with van der Waals surface area (Å²) in [6.45, 7) is 1.40. The molecule has 4 rings (SSSR count). The van der Waals surface area contributed by atoms with Gasteiger partial charge in [-0.05, 0) is 42.1 Å². The Hall–Kier alpha value is -3.61. The van der Waals surface area contributed by atoms with Crippen LogP contribution in [-0.2, 0) is 16.6 Å². The van der Waals surface area contributed by atoms with Gasteiger partial charge >= 0.3 is 5.97 Å². The van der Waals surface area contributed by atoms with Crippen LogP contribution in [-0.4, -0.2) is 23.1 Å². The zero-order valence-electron chi connectivity index (χ0n) is 18.4. The molecule has 0 unspecified atom stereocenters. The number of esters is 1. The summed E-state index contributed by atoms with van der Waals surface area (Å²) in [4.78, 5) is 38.6. The summed E-state index contributed by atoms with van der Waals surface area (Å²) in [5.41, 5.74) is 2.43. The number of carbonyl (C=O) groups is 2. The predicted octanol–water partition coefficient (Wildman–Crippen LogP) is 5.62. The molecule has 0 atom stereocenters. The maximum atomic E-state index is 13.2. The third-order valence-electron chi connectivity index (χ3n) is 5.38. The van der Waals surface area contributed by atoms with Crippen molar-refractivity contribution in [2.45, 2.75) is 6.92 Å². The van der Waals surface area contributed by atoms with Crippen LogP contribution in [0, 0.1) is 6.92 Å². The number of amides is 1. The van der Waals surface area contributed by atoms with Gasteiger partial charge in [-0.25, -0.2) is 4.79 Å². The predicted molar refractivity (Wildman–Crippen MR) is 135 cm³/mol. The minimum Gasteiger partial charge on any atom is -0.451 e. The molecule has 0 saturated carbocycles. The molecule has 6 nitrogen and oxygen atoms in total. The smallest absolute Gasteiger partial charge is 0.356 e. The molecule has 0 radical (unpaired) electrons. The number of fused-ring (bicyclic) bond motifs is 1. The van der Waals surface area contributed by atoms with E-state index < -0.39 is 18.5 Å². The fraction of sp³-hybridized carbons (Fsp3) is 0.115. The van der Waals surface area contributed by atoms with Crippen LogP contribution in [0.4, 0.5) is 5.69 Å². The summed E-state index contributed by atoms with van der Waals surface area (Å²) in [6.07, 6.45) is 0. The van der Waals surface area contributed by atoms with E-state index in [9.17, 15) is 14.4 Å². The van der Waals surface area contributed by atoms with Gasteiger partial charge in [0.25, 0.3) is 11.5 Å². The number of aromatic nitrogens is 1. The molecule has 1 amide bonds. The molecule has 172 valence electrons. The van der Waals surface area contributed by atoms with E-state index in [1.807, 2.05) is 31.2 Å². The Morgan fingerprint density at radius 1 is 0.971 bits per heavy atom. The first-order chi connectivity index (χ1) is 16.3. The van der Waals surface area contributed by atoms with Crippen molar-refractivity contribution < 1.29 is 14.3 Å². The van der Waals surface area contributed by atoms with E-state index in [-0.39, 0.29) is 16.3 Å². The van der Waals surface area contributed by atoms with Crippen LogP contribution in [0.1, 0.15) is 16.1 Å². The first-order valence-corrected chi connectivity index (χ1v) is 11.1. The van der Waals surface area contributed by atoms with Gasteiger partial charge in [-0.3, -0.25) is 9.59 Å². The van der Waals surface area contributed by atoms with E-state index in [2.05, 4.69) is 5.32 Å². The van der Waals surface area contributed by atoms with Crippen LogP contribution in [0.15, 0.2) is 71.5 Å². The quantitative estimate of drug-likeness (QED) is 0.365. The summed E-state index contributed by atoms with van der Waals surface area (Å²) in [7, 11) is 1.51. The van der Waals surface area contributed by atoms with Crippen molar-refractivity contribution in [1.82, 2.24) is 4.57 Å². The number of nitrogens with one attached hydrogen (secondary N) is 1. The Labute approximate surface area is 205 Å². The third kappa shape index (κ3) is 4.69. The fourth-order valence-corrected chi connectivity index (χ4v) is 4.15. The lowest BCUT2D eigenvalue weighted by Crippen LogP contribution is -2.28. The van der Waals surface area contributed by atoms with Crippen molar-refractivity contribution in [3.8, 4) is 11.1 Å². The van der Waals surface area contributed by atoms with Crippen LogP contribution >= 0.6 is 23.2 Å². The number of nitrogens with zero attached hydrogens (tertiary/aromatic N) is 1. The van der Waals surface area contributed by atoms with E-state index in [1.165, 1.54) is 17.7 Å². The van der Waals surface area contributed by atoms with Crippen LogP contribution in [0.3, 0.4) is 0 Å². The topological polar surface area (TPSA) is 77.4 Å². The van der Waals surface area contributed by atoms with E-state index in [4.69, 9.17) is 27.9 Å². The number of benzene rings is 3. The number of halogens is 2. The molecular formula is C26H20Cl2N2O4. The second-order valence-corrected chi connectivity index (χ2v) is 8.59. The van der Waals surface area contributed by atoms with Gasteiger partial charge in [-0.2, -0.15) is 0 Å². The second-order valence-electron chi connectivity index (χ2n) is 7.75. The number of pyridine rings is 1. The van der Waals surface area contributed by atoms with Crippen LogP contribution in [0.5, 0.6) is 0 Å². The molecule has 8 heteroatoms. The lowest BCUT2D eigenvalue weighted by molar-refractivity contribution is -0.119. The summed E-state index contributed by atoms with van der Waals surface area (Å²) >= 11 is 12.0. The minimum absolute atomic E-state index is 0.0601. The highest BCUT2D eigenvalue weighted by Gasteiger charge is 2.23. The van der Waals surface area contributed by atoms with Crippen molar-refractivity contribution in [2.75, 3.05) is 11.9 Å². The van der Waals surface area contributed by atoms with Gasteiger partial charge < -0.3 is 14.6 Å². The van der Waals surface area contributed by atoms with Gasteiger partial charge in [-0.15, -0.1) is 0 Å². The highest BCUT2D eigenvalue weighted by molar-refractivity contribution is 6.36. The SMILES string of the molecule is Cc1ccc(-c2c(C(=O)OCC(=O)Nc3ccc(Cl)cc3Cl)n(C)c(=O)c3ccccc23)cc1. The normalized spacial score (nSPS) is 10.8. The van der Waals surface area contributed by atoms with E-state index in [0.717, 1.165) is 11.1 Å². The Kier molecular flexibility index (Phi) is 6.72. The first kappa shape index (κ1) is 23.5. The highest BCUT2D eigenvalue weighted by atomic mass is 35.5. The molecule has 34 heavy (non-hydrogen) atoms. The van der Waals surface area contributed by atoms with Crippen LogP contribution < -0.4 is 10.9 Å². The molecule has 0 aliphatic rings. The Morgan fingerprint density at radius 2 is 1.65 bits per heavy atom. The van der Waals surface area contributed by atoms with Gasteiger partial charge in [-0.1, -0.05) is 71.2 Å². The average molecular weight is 495 g/mol. The number of anilines is 1. The minimum atomic E-state index is -0.793. The zero-order valence-corrected chi connectivity index (χ0v) is 19.9. The molecule has 4 aromatic rings. The summed E-state index contributed by atoms with van der Waals surface area (Å²) in [5.74, 6) is -1.38. The molecule has 0 fully saturated rings. The lowest BCUT2D eigenvalue weighted by atomic mass is 9.96. The van der Waals surface area contributed by atoms with Gasteiger partial charge in [0.1, 0.15) is 5.69 Å². The first-order valence-electron chi connectivity index (χ1n) is 10.4.